The topological polar surface area (TPSA) is 30.5 Å². The van der Waals surface area contributed by atoms with Crippen molar-refractivity contribution in [1.29, 1.82) is 0 Å². The van der Waals surface area contributed by atoms with E-state index in [1.807, 2.05) is 6.07 Å². The molecule has 0 saturated carbocycles. The van der Waals surface area contributed by atoms with Gasteiger partial charge in [-0.2, -0.15) is 0 Å². The lowest BCUT2D eigenvalue weighted by molar-refractivity contribution is -0.0441. The van der Waals surface area contributed by atoms with Gasteiger partial charge in [-0.1, -0.05) is 58.4 Å². The summed E-state index contributed by atoms with van der Waals surface area (Å²) in [4.78, 5) is 0. The van der Waals surface area contributed by atoms with E-state index in [0.717, 1.165) is 23.1 Å². The van der Waals surface area contributed by atoms with Crippen molar-refractivity contribution < 1.29 is 9.47 Å². The summed E-state index contributed by atoms with van der Waals surface area (Å²) in [6.07, 6.45) is -0.188. The van der Waals surface area contributed by atoms with Crippen LogP contribution >= 0.6 is 15.9 Å². The highest BCUT2D eigenvalue weighted by Crippen LogP contribution is 2.23. The second kappa shape index (κ2) is 7.18. The first-order valence-electron chi connectivity index (χ1n) is 7.09. The molecule has 1 N–H and O–H groups in total. The van der Waals surface area contributed by atoms with Crippen LogP contribution in [0.25, 0.3) is 0 Å². The van der Waals surface area contributed by atoms with Crippen molar-refractivity contribution in [2.45, 2.75) is 19.4 Å². The lowest BCUT2D eigenvalue weighted by Crippen LogP contribution is -2.13. The number of halogens is 1. The minimum absolute atomic E-state index is 0.188. The molecule has 0 radical (unpaired) electrons. The Morgan fingerprint density at radius 2 is 1.67 bits per heavy atom. The van der Waals surface area contributed by atoms with E-state index in [9.17, 15) is 0 Å². The van der Waals surface area contributed by atoms with Crippen molar-refractivity contribution in [1.82, 2.24) is 5.32 Å². The number of benzene rings is 2. The van der Waals surface area contributed by atoms with Gasteiger partial charge in [-0.3, -0.25) is 0 Å². The van der Waals surface area contributed by atoms with Crippen LogP contribution in [0.4, 0.5) is 0 Å². The van der Waals surface area contributed by atoms with Gasteiger partial charge in [0.2, 0.25) is 0 Å². The maximum absolute atomic E-state index is 5.49. The lowest BCUT2D eigenvalue weighted by atomic mass is 10.1. The predicted octanol–water partition coefficient (Wildman–Crippen LogP) is 3.78. The van der Waals surface area contributed by atoms with Gasteiger partial charge < -0.3 is 14.8 Å². The molecule has 0 atom stereocenters. The van der Waals surface area contributed by atoms with Crippen LogP contribution in [0.2, 0.25) is 0 Å². The predicted molar refractivity (Wildman–Crippen MR) is 85.8 cm³/mol. The van der Waals surface area contributed by atoms with Crippen LogP contribution in [0, 0.1) is 0 Å². The van der Waals surface area contributed by atoms with E-state index in [-0.39, 0.29) is 6.29 Å². The standard InChI is InChI=1S/C17H18BrNO2/c18-16-4-2-1-3-15(16)12-19-11-13-5-7-14(8-6-13)17-20-9-10-21-17/h1-8,17,19H,9-12H2. The summed E-state index contributed by atoms with van der Waals surface area (Å²) < 4.78 is 12.1. The maximum atomic E-state index is 5.49. The third-order valence-electron chi connectivity index (χ3n) is 3.48. The van der Waals surface area contributed by atoms with Gasteiger partial charge in [0.1, 0.15) is 0 Å². The molecule has 1 aliphatic rings. The summed E-state index contributed by atoms with van der Waals surface area (Å²) >= 11 is 3.56. The third-order valence-corrected chi connectivity index (χ3v) is 4.25. The van der Waals surface area contributed by atoms with Gasteiger partial charge in [0.05, 0.1) is 13.2 Å². The summed E-state index contributed by atoms with van der Waals surface area (Å²) in [6, 6.07) is 16.7. The van der Waals surface area contributed by atoms with Crippen molar-refractivity contribution in [2.75, 3.05) is 13.2 Å². The van der Waals surface area contributed by atoms with Crippen molar-refractivity contribution in [3.63, 3.8) is 0 Å². The highest BCUT2D eigenvalue weighted by Gasteiger charge is 2.17. The Balaban J connectivity index is 1.52. The third kappa shape index (κ3) is 3.92. The van der Waals surface area contributed by atoms with E-state index in [0.29, 0.717) is 13.2 Å². The fourth-order valence-corrected chi connectivity index (χ4v) is 2.75. The fourth-order valence-electron chi connectivity index (χ4n) is 2.33. The zero-order valence-corrected chi connectivity index (χ0v) is 13.3. The molecule has 2 aromatic rings. The molecule has 0 aromatic heterocycles. The molecule has 1 fully saturated rings. The molecule has 3 rings (SSSR count). The number of nitrogens with one attached hydrogen (secondary N) is 1. The summed E-state index contributed by atoms with van der Waals surface area (Å²) in [5.74, 6) is 0. The molecule has 0 bridgehead atoms. The average Bonchev–Trinajstić information content (AvgIpc) is 3.04. The van der Waals surface area contributed by atoms with Gasteiger partial charge in [0.25, 0.3) is 0 Å². The second-order valence-corrected chi connectivity index (χ2v) is 5.86. The first-order chi connectivity index (χ1) is 10.3. The molecule has 1 aliphatic heterocycles. The van der Waals surface area contributed by atoms with Crippen LogP contribution in [0.3, 0.4) is 0 Å². The molecule has 21 heavy (non-hydrogen) atoms. The van der Waals surface area contributed by atoms with Gasteiger partial charge >= 0.3 is 0 Å². The Hall–Kier alpha value is -1.20. The number of hydrogen-bond acceptors (Lipinski definition) is 3. The average molecular weight is 348 g/mol. The van der Waals surface area contributed by atoms with Crippen LogP contribution < -0.4 is 5.32 Å². The monoisotopic (exact) mass is 347 g/mol. The molecule has 0 spiro atoms. The van der Waals surface area contributed by atoms with Crippen molar-refractivity contribution in [2.24, 2.45) is 0 Å². The Kier molecular flexibility index (Phi) is 5.04. The minimum atomic E-state index is -0.188. The SMILES string of the molecule is Brc1ccccc1CNCc1ccc(C2OCCO2)cc1. The van der Waals surface area contributed by atoms with Gasteiger partial charge in [-0.25, -0.2) is 0 Å². The number of rotatable bonds is 5. The highest BCUT2D eigenvalue weighted by molar-refractivity contribution is 9.10. The van der Waals surface area contributed by atoms with Crippen LogP contribution in [-0.2, 0) is 22.6 Å². The van der Waals surface area contributed by atoms with Crippen LogP contribution in [0.5, 0.6) is 0 Å². The second-order valence-electron chi connectivity index (χ2n) is 5.01. The van der Waals surface area contributed by atoms with Crippen molar-refractivity contribution in [3.05, 3.63) is 69.7 Å². The van der Waals surface area contributed by atoms with Crippen LogP contribution in [0.1, 0.15) is 23.0 Å². The van der Waals surface area contributed by atoms with E-state index >= 15 is 0 Å². The van der Waals surface area contributed by atoms with Gasteiger partial charge in [0, 0.05) is 23.1 Å². The van der Waals surface area contributed by atoms with E-state index in [2.05, 4.69) is 63.7 Å². The van der Waals surface area contributed by atoms with Crippen LogP contribution in [0.15, 0.2) is 53.0 Å². The van der Waals surface area contributed by atoms with Gasteiger partial charge in [-0.05, 0) is 17.2 Å². The summed E-state index contributed by atoms with van der Waals surface area (Å²) in [5.41, 5.74) is 3.60. The van der Waals surface area contributed by atoms with Crippen molar-refractivity contribution in [3.8, 4) is 0 Å². The maximum Gasteiger partial charge on any atom is 0.184 e. The molecule has 1 saturated heterocycles. The molecule has 0 unspecified atom stereocenters. The summed E-state index contributed by atoms with van der Waals surface area (Å²) in [5, 5.41) is 3.46. The highest BCUT2D eigenvalue weighted by atomic mass is 79.9. The van der Waals surface area contributed by atoms with E-state index in [4.69, 9.17) is 9.47 Å². The molecule has 3 nitrogen and oxygen atoms in total. The Labute approximate surface area is 133 Å². The molecule has 0 amide bonds. The number of hydrogen-bond donors (Lipinski definition) is 1. The number of ether oxygens (including phenoxy) is 2. The first-order valence-corrected chi connectivity index (χ1v) is 7.88. The lowest BCUT2D eigenvalue weighted by Gasteiger charge is -2.11. The molecular weight excluding hydrogens is 330 g/mol. The Bertz CT molecular complexity index is 580. The molecule has 4 heteroatoms. The molecule has 0 aliphatic carbocycles. The summed E-state index contributed by atoms with van der Waals surface area (Å²) in [7, 11) is 0. The van der Waals surface area contributed by atoms with Gasteiger partial charge in [0.15, 0.2) is 6.29 Å². The largest absolute Gasteiger partial charge is 0.346 e. The van der Waals surface area contributed by atoms with E-state index in [1.54, 1.807) is 0 Å². The molecule has 2 aromatic carbocycles. The van der Waals surface area contributed by atoms with Crippen LogP contribution in [-0.4, -0.2) is 13.2 Å². The normalized spacial score (nSPS) is 15.5. The summed E-state index contributed by atoms with van der Waals surface area (Å²) in [6.45, 7) is 3.05. The smallest absolute Gasteiger partial charge is 0.184 e. The van der Waals surface area contributed by atoms with E-state index in [1.165, 1.54) is 11.1 Å². The van der Waals surface area contributed by atoms with E-state index < -0.39 is 0 Å². The quantitative estimate of drug-likeness (QED) is 0.892. The zero-order valence-electron chi connectivity index (χ0n) is 11.7. The van der Waals surface area contributed by atoms with Crippen molar-refractivity contribution >= 4 is 15.9 Å². The first kappa shape index (κ1) is 14.7. The molecule has 1 heterocycles. The Morgan fingerprint density at radius 3 is 2.38 bits per heavy atom. The molecular formula is C17H18BrNO2. The Morgan fingerprint density at radius 1 is 0.952 bits per heavy atom. The zero-order chi connectivity index (χ0) is 14.5. The van der Waals surface area contributed by atoms with Gasteiger partial charge in [-0.15, -0.1) is 0 Å². The molecule has 110 valence electrons. The minimum Gasteiger partial charge on any atom is -0.346 e. The fraction of sp³-hybridized carbons (Fsp3) is 0.294.